The summed E-state index contributed by atoms with van der Waals surface area (Å²) in [6, 6.07) is 7.19. The summed E-state index contributed by atoms with van der Waals surface area (Å²) in [5.41, 5.74) is 2.02. The number of anilines is 3. The quantitative estimate of drug-likeness (QED) is 0.905. The number of nitrogens with zero attached hydrogens (tertiary/aromatic N) is 3. The molecule has 0 bridgehead atoms. The molecule has 0 aliphatic carbocycles. The molecule has 0 atom stereocenters. The highest BCUT2D eigenvalue weighted by Gasteiger charge is 2.10. The lowest BCUT2D eigenvalue weighted by Gasteiger charge is -2.13. The Bertz CT molecular complexity index is 691. The Labute approximate surface area is 122 Å². The predicted octanol–water partition coefficient (Wildman–Crippen LogP) is 3.40. The Hall–Kier alpha value is -2.32. The Balaban J connectivity index is 2.48. The molecule has 6 heteroatoms. The standard InChI is InChI=1S/C14H14ClN5/c1-8-13(17-3)18-9(2)19-14(8)20-12-6-11(15)5-4-10(12)7-16/h4-6H,1-3H3,(H2,17,18,19,20). The number of aryl methyl sites for hydroxylation is 1. The molecule has 5 nitrogen and oxygen atoms in total. The first-order valence-electron chi connectivity index (χ1n) is 6.05. The third-order valence-corrected chi connectivity index (χ3v) is 3.08. The molecule has 0 aliphatic rings. The second kappa shape index (κ2) is 5.76. The van der Waals surface area contributed by atoms with Gasteiger partial charge in [0.15, 0.2) is 0 Å². The maximum absolute atomic E-state index is 9.13. The Morgan fingerprint density at radius 3 is 2.55 bits per heavy atom. The average molecular weight is 288 g/mol. The lowest BCUT2D eigenvalue weighted by molar-refractivity contribution is 1.03. The maximum Gasteiger partial charge on any atom is 0.139 e. The maximum atomic E-state index is 9.13. The summed E-state index contributed by atoms with van der Waals surface area (Å²) < 4.78 is 0. The van der Waals surface area contributed by atoms with E-state index in [1.807, 2.05) is 13.8 Å². The Morgan fingerprint density at radius 2 is 1.90 bits per heavy atom. The fourth-order valence-electron chi connectivity index (χ4n) is 1.84. The van der Waals surface area contributed by atoms with Crippen molar-refractivity contribution < 1.29 is 0 Å². The average Bonchev–Trinajstić information content (AvgIpc) is 2.42. The minimum Gasteiger partial charge on any atom is -0.373 e. The van der Waals surface area contributed by atoms with Gasteiger partial charge in [-0.2, -0.15) is 5.26 Å². The van der Waals surface area contributed by atoms with Gasteiger partial charge in [0.25, 0.3) is 0 Å². The van der Waals surface area contributed by atoms with Crippen LogP contribution in [0.1, 0.15) is 17.0 Å². The van der Waals surface area contributed by atoms with Crippen LogP contribution < -0.4 is 10.6 Å². The van der Waals surface area contributed by atoms with E-state index < -0.39 is 0 Å². The number of hydrogen-bond donors (Lipinski definition) is 2. The molecule has 1 aromatic carbocycles. The van der Waals surface area contributed by atoms with E-state index in [2.05, 4.69) is 26.7 Å². The molecule has 20 heavy (non-hydrogen) atoms. The lowest BCUT2D eigenvalue weighted by atomic mass is 10.2. The van der Waals surface area contributed by atoms with Crippen LogP contribution >= 0.6 is 11.6 Å². The molecule has 0 spiro atoms. The summed E-state index contributed by atoms with van der Waals surface area (Å²) in [5, 5.41) is 15.9. The normalized spacial score (nSPS) is 9.95. The Morgan fingerprint density at radius 1 is 1.20 bits per heavy atom. The van der Waals surface area contributed by atoms with Gasteiger partial charge in [-0.3, -0.25) is 0 Å². The first kappa shape index (κ1) is 14.1. The molecule has 102 valence electrons. The van der Waals surface area contributed by atoms with Crippen LogP contribution in [0.3, 0.4) is 0 Å². The summed E-state index contributed by atoms with van der Waals surface area (Å²) in [7, 11) is 1.80. The van der Waals surface area contributed by atoms with Crippen LogP contribution in [0.5, 0.6) is 0 Å². The third-order valence-electron chi connectivity index (χ3n) is 2.85. The zero-order valence-corrected chi connectivity index (χ0v) is 12.2. The van der Waals surface area contributed by atoms with Crippen molar-refractivity contribution in [3.63, 3.8) is 0 Å². The lowest BCUT2D eigenvalue weighted by Crippen LogP contribution is -2.06. The summed E-state index contributed by atoms with van der Waals surface area (Å²) >= 11 is 5.98. The van der Waals surface area contributed by atoms with Gasteiger partial charge in [-0.05, 0) is 32.0 Å². The molecule has 1 heterocycles. The molecule has 0 saturated carbocycles. The molecule has 0 radical (unpaired) electrons. The van der Waals surface area contributed by atoms with Crippen molar-refractivity contribution in [3.8, 4) is 6.07 Å². The molecule has 0 amide bonds. The van der Waals surface area contributed by atoms with Crippen molar-refractivity contribution in [1.29, 1.82) is 5.26 Å². The molecule has 2 aromatic rings. The van der Waals surface area contributed by atoms with Gasteiger partial charge in [-0.25, -0.2) is 9.97 Å². The third kappa shape index (κ3) is 2.81. The van der Waals surface area contributed by atoms with Crippen LogP contribution in [0.15, 0.2) is 18.2 Å². The van der Waals surface area contributed by atoms with Gasteiger partial charge >= 0.3 is 0 Å². The van der Waals surface area contributed by atoms with Gasteiger partial charge in [-0.1, -0.05) is 11.6 Å². The van der Waals surface area contributed by atoms with E-state index in [0.717, 1.165) is 11.4 Å². The number of nitrogens with one attached hydrogen (secondary N) is 2. The van der Waals surface area contributed by atoms with Gasteiger partial charge in [0.05, 0.1) is 11.3 Å². The van der Waals surface area contributed by atoms with E-state index in [0.29, 0.717) is 27.9 Å². The van der Waals surface area contributed by atoms with Crippen LogP contribution in [0, 0.1) is 25.2 Å². The van der Waals surface area contributed by atoms with Crippen LogP contribution in [0.25, 0.3) is 0 Å². The van der Waals surface area contributed by atoms with Crippen LogP contribution in [0.2, 0.25) is 5.02 Å². The minimum atomic E-state index is 0.510. The molecular weight excluding hydrogens is 274 g/mol. The van der Waals surface area contributed by atoms with Crippen molar-refractivity contribution in [3.05, 3.63) is 40.2 Å². The van der Waals surface area contributed by atoms with Crippen LogP contribution in [-0.4, -0.2) is 17.0 Å². The number of aromatic nitrogens is 2. The van der Waals surface area contributed by atoms with Gasteiger partial charge in [0.2, 0.25) is 0 Å². The van der Waals surface area contributed by atoms with Crippen molar-refractivity contribution in [2.75, 3.05) is 17.7 Å². The van der Waals surface area contributed by atoms with Crippen molar-refractivity contribution in [2.24, 2.45) is 0 Å². The molecule has 0 unspecified atom stereocenters. The number of halogens is 1. The number of rotatable bonds is 3. The molecule has 0 aliphatic heterocycles. The summed E-state index contributed by atoms with van der Waals surface area (Å²) in [6.45, 7) is 3.72. The second-order valence-corrected chi connectivity index (χ2v) is 4.71. The van der Waals surface area contributed by atoms with E-state index in [1.54, 1.807) is 25.2 Å². The molecule has 0 saturated heterocycles. The highest BCUT2D eigenvalue weighted by molar-refractivity contribution is 6.30. The zero-order chi connectivity index (χ0) is 14.7. The van der Waals surface area contributed by atoms with E-state index in [4.69, 9.17) is 16.9 Å². The fourth-order valence-corrected chi connectivity index (χ4v) is 2.01. The first-order valence-corrected chi connectivity index (χ1v) is 6.42. The molecule has 2 N–H and O–H groups in total. The smallest absolute Gasteiger partial charge is 0.139 e. The van der Waals surface area contributed by atoms with E-state index >= 15 is 0 Å². The largest absolute Gasteiger partial charge is 0.373 e. The number of benzene rings is 1. The van der Waals surface area contributed by atoms with Crippen LogP contribution in [-0.2, 0) is 0 Å². The minimum absolute atomic E-state index is 0.510. The van der Waals surface area contributed by atoms with Crippen LogP contribution in [0.4, 0.5) is 17.3 Å². The van der Waals surface area contributed by atoms with E-state index in [1.165, 1.54) is 0 Å². The fraction of sp³-hybridized carbons (Fsp3) is 0.214. The first-order chi connectivity index (χ1) is 9.55. The summed E-state index contributed by atoms with van der Waals surface area (Å²) in [6.07, 6.45) is 0. The van der Waals surface area contributed by atoms with Crippen molar-refractivity contribution in [2.45, 2.75) is 13.8 Å². The van der Waals surface area contributed by atoms with Gasteiger partial charge < -0.3 is 10.6 Å². The van der Waals surface area contributed by atoms with E-state index in [-0.39, 0.29) is 0 Å². The number of hydrogen-bond acceptors (Lipinski definition) is 5. The Kier molecular flexibility index (Phi) is 4.06. The zero-order valence-electron chi connectivity index (χ0n) is 11.5. The van der Waals surface area contributed by atoms with E-state index in [9.17, 15) is 0 Å². The highest BCUT2D eigenvalue weighted by atomic mass is 35.5. The van der Waals surface area contributed by atoms with Gasteiger partial charge in [0.1, 0.15) is 23.5 Å². The van der Waals surface area contributed by atoms with Gasteiger partial charge in [-0.15, -0.1) is 0 Å². The topological polar surface area (TPSA) is 73.6 Å². The SMILES string of the molecule is CNc1nc(C)nc(Nc2cc(Cl)ccc2C#N)c1C. The van der Waals surface area contributed by atoms with Gasteiger partial charge in [0, 0.05) is 17.6 Å². The summed E-state index contributed by atoms with van der Waals surface area (Å²) in [4.78, 5) is 8.67. The molecular formula is C14H14ClN5. The molecule has 0 fully saturated rings. The highest BCUT2D eigenvalue weighted by Crippen LogP contribution is 2.27. The van der Waals surface area contributed by atoms with Crippen molar-refractivity contribution >= 4 is 28.9 Å². The monoisotopic (exact) mass is 287 g/mol. The second-order valence-electron chi connectivity index (χ2n) is 4.27. The summed E-state index contributed by atoms with van der Waals surface area (Å²) in [5.74, 6) is 2.05. The predicted molar refractivity (Wildman–Crippen MR) is 80.5 cm³/mol. The molecule has 2 rings (SSSR count). The van der Waals surface area contributed by atoms with Crippen molar-refractivity contribution in [1.82, 2.24) is 9.97 Å². The molecule has 1 aromatic heterocycles. The number of nitriles is 1.